The first-order valence-corrected chi connectivity index (χ1v) is 11.4. The van der Waals surface area contributed by atoms with Crippen molar-refractivity contribution in [1.29, 1.82) is 0 Å². The third-order valence-corrected chi connectivity index (χ3v) is 5.43. The first-order valence-electron chi connectivity index (χ1n) is 11.4. The van der Waals surface area contributed by atoms with Gasteiger partial charge in [-0.05, 0) is 55.5 Å². The van der Waals surface area contributed by atoms with Crippen molar-refractivity contribution in [2.24, 2.45) is 0 Å². The molecule has 0 amide bonds. The van der Waals surface area contributed by atoms with Crippen molar-refractivity contribution in [3.8, 4) is 23.0 Å². The van der Waals surface area contributed by atoms with Crippen LogP contribution in [0.2, 0.25) is 0 Å². The molecule has 2 atom stereocenters. The molecule has 2 aromatic rings. The summed E-state index contributed by atoms with van der Waals surface area (Å²) in [7, 11) is 3.06. The number of carbonyl (C=O) groups is 2. The average Bonchev–Trinajstić information content (AvgIpc) is 2.82. The van der Waals surface area contributed by atoms with E-state index in [9.17, 15) is 9.59 Å². The Morgan fingerprint density at radius 2 is 1.24 bits per heavy atom. The SMILES string of the molecule is COc1cc2cc(OC)c1OCCCCCCOc1ccc(cc1)[C@@H](OC(C)=O)[C@@H]2OC(C)=O. The molecule has 184 valence electrons. The zero-order valence-corrected chi connectivity index (χ0v) is 20.1. The molecule has 6 rings (SSSR count). The van der Waals surface area contributed by atoms with E-state index in [-0.39, 0.29) is 0 Å². The van der Waals surface area contributed by atoms with Crippen molar-refractivity contribution in [2.75, 3.05) is 27.4 Å². The minimum Gasteiger partial charge on any atom is -0.494 e. The summed E-state index contributed by atoms with van der Waals surface area (Å²) in [6.45, 7) is 3.72. The second-order valence-electron chi connectivity index (χ2n) is 7.99. The fourth-order valence-electron chi connectivity index (χ4n) is 3.85. The quantitative estimate of drug-likeness (QED) is 0.578. The van der Waals surface area contributed by atoms with Crippen molar-refractivity contribution >= 4 is 11.9 Å². The van der Waals surface area contributed by atoms with Gasteiger partial charge in [0.2, 0.25) is 5.75 Å². The van der Waals surface area contributed by atoms with Crippen molar-refractivity contribution in [1.82, 2.24) is 0 Å². The van der Waals surface area contributed by atoms with Crippen LogP contribution in [0.15, 0.2) is 36.4 Å². The van der Waals surface area contributed by atoms with Crippen molar-refractivity contribution < 1.29 is 38.0 Å². The highest BCUT2D eigenvalue weighted by atomic mass is 16.6. The second kappa shape index (κ2) is 12.2. The lowest BCUT2D eigenvalue weighted by atomic mass is 9.96. The van der Waals surface area contributed by atoms with Gasteiger partial charge in [-0.15, -0.1) is 0 Å². The van der Waals surface area contributed by atoms with Crippen LogP contribution in [0.1, 0.15) is 62.9 Å². The molecule has 4 bridgehead atoms. The molecule has 0 spiro atoms. The topological polar surface area (TPSA) is 89.5 Å². The van der Waals surface area contributed by atoms with Crippen molar-refractivity contribution in [3.63, 3.8) is 0 Å². The Hall–Kier alpha value is -3.42. The summed E-state index contributed by atoms with van der Waals surface area (Å²) >= 11 is 0. The van der Waals surface area contributed by atoms with E-state index < -0.39 is 24.1 Å². The number of benzene rings is 2. The molecule has 34 heavy (non-hydrogen) atoms. The van der Waals surface area contributed by atoms with Crippen molar-refractivity contribution in [3.05, 3.63) is 47.5 Å². The van der Waals surface area contributed by atoms with E-state index in [0.29, 0.717) is 47.3 Å². The van der Waals surface area contributed by atoms with Gasteiger partial charge in [0.1, 0.15) is 5.75 Å². The Balaban J connectivity index is 2.14. The van der Waals surface area contributed by atoms with E-state index in [1.165, 1.54) is 28.1 Å². The molecular weight excluding hydrogens is 440 g/mol. The van der Waals surface area contributed by atoms with Crippen LogP contribution in [-0.2, 0) is 19.1 Å². The highest BCUT2D eigenvalue weighted by molar-refractivity contribution is 5.68. The van der Waals surface area contributed by atoms with Gasteiger partial charge >= 0.3 is 11.9 Å². The molecule has 0 aliphatic carbocycles. The third-order valence-electron chi connectivity index (χ3n) is 5.43. The fourth-order valence-corrected chi connectivity index (χ4v) is 3.85. The summed E-state index contributed by atoms with van der Waals surface area (Å²) in [5.74, 6) is 1.00. The number of hydrogen-bond acceptors (Lipinski definition) is 8. The van der Waals surface area contributed by atoms with Gasteiger partial charge < -0.3 is 28.4 Å². The van der Waals surface area contributed by atoms with Crippen LogP contribution in [0.3, 0.4) is 0 Å². The lowest BCUT2D eigenvalue weighted by Crippen LogP contribution is -2.22. The predicted octanol–water partition coefficient (Wildman–Crippen LogP) is 4.94. The zero-order chi connectivity index (χ0) is 24.5. The highest BCUT2D eigenvalue weighted by Gasteiger charge is 2.32. The molecule has 4 aliphatic rings. The lowest BCUT2D eigenvalue weighted by molar-refractivity contribution is -0.166. The minimum absolute atomic E-state index is 0.429. The standard InChI is InChI=1S/C26H32O8/c1-17(27)33-24-19-9-11-21(12-10-19)31-13-7-5-6-8-14-32-26-22(29-3)15-20(16-23(26)30-4)25(24)34-18(2)28/h9-12,15-16,24-25H,5-8,13-14H2,1-4H3/t24-,25-/m1/s1. The van der Waals surface area contributed by atoms with Crippen molar-refractivity contribution in [2.45, 2.75) is 51.7 Å². The minimum atomic E-state index is -0.955. The summed E-state index contributed by atoms with van der Waals surface area (Å²) in [6.07, 6.45) is 1.96. The molecule has 2 aromatic carbocycles. The Kier molecular flexibility index (Phi) is 9.01. The molecule has 0 saturated heterocycles. The molecule has 0 fully saturated rings. The number of methoxy groups -OCH3 is 2. The van der Waals surface area contributed by atoms with E-state index in [1.807, 2.05) is 12.1 Å². The number of ether oxygens (including phenoxy) is 6. The molecule has 0 aromatic heterocycles. The first kappa shape index (κ1) is 25.2. The van der Waals surface area contributed by atoms with Gasteiger partial charge in [0.15, 0.2) is 23.7 Å². The second-order valence-corrected chi connectivity index (χ2v) is 7.99. The Bertz CT molecular complexity index is 944. The predicted molar refractivity (Wildman–Crippen MR) is 124 cm³/mol. The van der Waals surface area contributed by atoms with Crippen LogP contribution in [0, 0.1) is 0 Å². The Labute approximate surface area is 200 Å². The fraction of sp³-hybridized carbons (Fsp3) is 0.462. The van der Waals surface area contributed by atoms with Crippen LogP contribution in [0.4, 0.5) is 0 Å². The van der Waals surface area contributed by atoms with Crippen LogP contribution >= 0.6 is 0 Å². The summed E-state index contributed by atoms with van der Waals surface area (Å²) < 4.78 is 34.3. The van der Waals surface area contributed by atoms with E-state index >= 15 is 0 Å². The first-order chi connectivity index (χ1) is 16.4. The smallest absolute Gasteiger partial charge is 0.303 e. The summed E-state index contributed by atoms with van der Waals surface area (Å²) in [5.41, 5.74) is 1.18. The molecule has 4 aliphatic heterocycles. The maximum Gasteiger partial charge on any atom is 0.303 e. The Morgan fingerprint density at radius 1 is 0.735 bits per heavy atom. The lowest BCUT2D eigenvalue weighted by Gasteiger charge is -2.28. The van der Waals surface area contributed by atoms with E-state index in [0.717, 1.165) is 25.7 Å². The van der Waals surface area contributed by atoms with Gasteiger partial charge in [0, 0.05) is 19.4 Å². The van der Waals surface area contributed by atoms with E-state index in [2.05, 4.69) is 0 Å². The maximum absolute atomic E-state index is 12.1. The molecule has 4 heterocycles. The molecule has 0 radical (unpaired) electrons. The Morgan fingerprint density at radius 3 is 1.74 bits per heavy atom. The summed E-state index contributed by atoms with van der Waals surface area (Å²) in [4.78, 5) is 24.1. The molecule has 8 heteroatoms. The van der Waals surface area contributed by atoms with Crippen LogP contribution in [-0.4, -0.2) is 39.4 Å². The average molecular weight is 473 g/mol. The van der Waals surface area contributed by atoms with Gasteiger partial charge in [-0.25, -0.2) is 0 Å². The number of rotatable bonds is 4. The van der Waals surface area contributed by atoms with Gasteiger partial charge in [-0.1, -0.05) is 12.1 Å². The van der Waals surface area contributed by atoms with Gasteiger partial charge in [-0.3, -0.25) is 9.59 Å². The number of hydrogen-bond donors (Lipinski definition) is 0. The summed E-state index contributed by atoms with van der Waals surface area (Å²) in [6, 6.07) is 10.7. The largest absolute Gasteiger partial charge is 0.494 e. The molecular formula is C26H32O8. The van der Waals surface area contributed by atoms with E-state index in [4.69, 9.17) is 28.4 Å². The van der Waals surface area contributed by atoms with Crippen LogP contribution < -0.4 is 18.9 Å². The third kappa shape index (κ3) is 6.56. The zero-order valence-electron chi connectivity index (χ0n) is 20.1. The number of esters is 2. The molecule has 0 unspecified atom stereocenters. The van der Waals surface area contributed by atoms with Crippen LogP contribution in [0.5, 0.6) is 23.0 Å². The molecule has 0 saturated carbocycles. The van der Waals surface area contributed by atoms with Gasteiger partial charge in [0.05, 0.1) is 27.4 Å². The highest BCUT2D eigenvalue weighted by Crippen LogP contribution is 2.44. The van der Waals surface area contributed by atoms with Gasteiger partial charge in [0.25, 0.3) is 0 Å². The van der Waals surface area contributed by atoms with Crippen LogP contribution in [0.25, 0.3) is 0 Å². The maximum atomic E-state index is 12.1. The molecule has 8 nitrogen and oxygen atoms in total. The van der Waals surface area contributed by atoms with E-state index in [1.54, 1.807) is 24.3 Å². The molecule has 0 N–H and O–H groups in total. The number of carbonyl (C=O) groups excluding carboxylic acids is 2. The summed E-state index contributed by atoms with van der Waals surface area (Å²) in [5, 5.41) is 0. The normalized spacial score (nSPS) is 18.6. The monoisotopic (exact) mass is 472 g/mol. The van der Waals surface area contributed by atoms with Gasteiger partial charge in [-0.2, -0.15) is 0 Å².